The summed E-state index contributed by atoms with van der Waals surface area (Å²) in [5.41, 5.74) is 0.174. The molecule has 4 rings (SSSR count). The summed E-state index contributed by atoms with van der Waals surface area (Å²) in [5.74, 6) is -0.861. The quantitative estimate of drug-likeness (QED) is 0.170. The van der Waals surface area contributed by atoms with E-state index in [1.165, 1.54) is 19.2 Å². The van der Waals surface area contributed by atoms with Gasteiger partial charge in [-0.05, 0) is 42.1 Å². The molecule has 3 N–H and O–H groups in total. The van der Waals surface area contributed by atoms with Crippen LogP contribution in [0.15, 0.2) is 75.8 Å². The van der Waals surface area contributed by atoms with E-state index in [-0.39, 0.29) is 32.7 Å². The van der Waals surface area contributed by atoms with Crippen molar-refractivity contribution in [3.63, 3.8) is 0 Å². The highest BCUT2D eigenvalue weighted by atomic mass is 35.5. The molecule has 0 unspecified atom stereocenters. The molecule has 0 saturated carbocycles. The summed E-state index contributed by atoms with van der Waals surface area (Å²) in [5, 5.41) is 22.8. The molecule has 190 valence electrons. The summed E-state index contributed by atoms with van der Waals surface area (Å²) in [4.78, 5) is 12.6. The molecule has 0 fully saturated rings. The fraction of sp³-hybridized carbons (Fsp3) is 0.0800. The van der Waals surface area contributed by atoms with Crippen molar-refractivity contribution in [1.82, 2.24) is 0 Å². The Morgan fingerprint density at radius 3 is 2.38 bits per heavy atom. The second-order valence-corrected chi connectivity index (χ2v) is 9.98. The lowest BCUT2D eigenvalue weighted by Crippen LogP contribution is -2.12. The summed E-state index contributed by atoms with van der Waals surface area (Å²) < 4.78 is 38.5. The number of nitrogens with zero attached hydrogens (tertiary/aromatic N) is 2. The number of aromatic hydroxyl groups is 1. The Bertz CT molecular complexity index is 1690. The highest BCUT2D eigenvalue weighted by Gasteiger charge is 2.22. The van der Waals surface area contributed by atoms with Gasteiger partial charge in [0.05, 0.1) is 23.4 Å². The second-order valence-electron chi connectivity index (χ2n) is 7.84. The highest BCUT2D eigenvalue weighted by Crippen LogP contribution is 2.42. The third-order valence-corrected chi connectivity index (χ3v) is 7.22. The molecule has 0 aliphatic heterocycles. The van der Waals surface area contributed by atoms with Gasteiger partial charge in [-0.15, -0.1) is 10.2 Å². The summed E-state index contributed by atoms with van der Waals surface area (Å²) in [6.45, 7) is 1.62. The number of phenolic OH excluding ortho intramolecular Hbond substituents is 1. The van der Waals surface area contributed by atoms with Crippen LogP contribution < -0.4 is 10.1 Å². The molecule has 0 spiro atoms. The lowest BCUT2D eigenvalue weighted by Gasteiger charge is -2.13. The first-order valence-corrected chi connectivity index (χ1v) is 12.8. The molecule has 37 heavy (non-hydrogen) atoms. The van der Waals surface area contributed by atoms with E-state index in [1.807, 2.05) is 0 Å². The van der Waals surface area contributed by atoms with Crippen molar-refractivity contribution in [3.8, 4) is 11.5 Å². The third kappa shape index (κ3) is 5.23. The monoisotopic (exact) mass is 559 g/mol. The third-order valence-electron chi connectivity index (χ3n) is 5.47. The van der Waals surface area contributed by atoms with Crippen LogP contribution in [0.25, 0.3) is 10.8 Å². The molecule has 0 bridgehead atoms. The van der Waals surface area contributed by atoms with E-state index in [2.05, 4.69) is 15.5 Å². The first-order valence-electron chi connectivity index (χ1n) is 10.6. The van der Waals surface area contributed by atoms with Gasteiger partial charge >= 0.3 is 0 Å². The molecule has 9 nitrogen and oxygen atoms in total. The Hall–Kier alpha value is -3.70. The highest BCUT2D eigenvalue weighted by molar-refractivity contribution is 7.86. The van der Waals surface area contributed by atoms with Gasteiger partial charge in [-0.25, -0.2) is 0 Å². The minimum Gasteiger partial charge on any atom is -0.505 e. The summed E-state index contributed by atoms with van der Waals surface area (Å²) >= 11 is 12.5. The SMILES string of the molecule is COc1cccc(NC(=O)c2cc3ccccc3c(N=Nc3c(S(=O)(=O)O)ccc(C)c3Cl)c2O)c1Cl. The number of anilines is 1. The summed E-state index contributed by atoms with van der Waals surface area (Å²) in [6.07, 6.45) is 0. The number of hydrogen-bond acceptors (Lipinski definition) is 7. The Balaban J connectivity index is 1.86. The number of phenols is 1. The Labute approximate surface area is 222 Å². The number of azo groups is 1. The molecular formula is C25H19Cl2N3O6S. The number of amides is 1. The fourth-order valence-corrected chi connectivity index (χ4v) is 4.73. The number of halogens is 2. The van der Waals surface area contributed by atoms with Gasteiger partial charge in [-0.1, -0.05) is 59.6 Å². The van der Waals surface area contributed by atoms with Crippen molar-refractivity contribution in [2.45, 2.75) is 11.8 Å². The second kappa shape index (κ2) is 10.3. The van der Waals surface area contributed by atoms with E-state index in [9.17, 15) is 22.9 Å². The van der Waals surface area contributed by atoms with Crippen LogP contribution in [0, 0.1) is 6.92 Å². The van der Waals surface area contributed by atoms with Crippen LogP contribution >= 0.6 is 23.2 Å². The molecule has 4 aromatic carbocycles. The lowest BCUT2D eigenvalue weighted by atomic mass is 10.0. The van der Waals surface area contributed by atoms with Crippen LogP contribution in [-0.4, -0.2) is 31.1 Å². The number of ether oxygens (including phenoxy) is 1. The number of hydrogen-bond donors (Lipinski definition) is 3. The first-order chi connectivity index (χ1) is 17.5. The van der Waals surface area contributed by atoms with Crippen LogP contribution in [-0.2, 0) is 10.1 Å². The number of methoxy groups -OCH3 is 1. The van der Waals surface area contributed by atoms with Gasteiger partial charge in [0.1, 0.15) is 27.0 Å². The average Bonchev–Trinajstić information content (AvgIpc) is 2.86. The van der Waals surface area contributed by atoms with Gasteiger partial charge in [-0.3, -0.25) is 9.35 Å². The maximum Gasteiger partial charge on any atom is 0.296 e. The number of carbonyl (C=O) groups is 1. The summed E-state index contributed by atoms with van der Waals surface area (Å²) in [7, 11) is -3.25. The molecule has 0 atom stereocenters. The van der Waals surface area contributed by atoms with Crippen LogP contribution in [0.3, 0.4) is 0 Å². The molecule has 0 aliphatic rings. The van der Waals surface area contributed by atoms with Crippen molar-refractivity contribution in [2.24, 2.45) is 10.2 Å². The van der Waals surface area contributed by atoms with Crippen LogP contribution in [0.2, 0.25) is 10.0 Å². The van der Waals surface area contributed by atoms with E-state index in [0.717, 1.165) is 6.07 Å². The van der Waals surface area contributed by atoms with Gasteiger partial charge in [0.15, 0.2) is 5.75 Å². The van der Waals surface area contributed by atoms with Crippen molar-refractivity contribution in [3.05, 3.63) is 81.8 Å². The van der Waals surface area contributed by atoms with E-state index < -0.39 is 26.7 Å². The predicted molar refractivity (Wildman–Crippen MR) is 142 cm³/mol. The van der Waals surface area contributed by atoms with Crippen LogP contribution in [0.5, 0.6) is 11.5 Å². The predicted octanol–water partition coefficient (Wildman–Crippen LogP) is 7.08. The number of fused-ring (bicyclic) bond motifs is 1. The molecule has 0 heterocycles. The van der Waals surface area contributed by atoms with Crippen molar-refractivity contribution in [2.75, 3.05) is 12.4 Å². The number of aryl methyl sites for hydroxylation is 1. The molecule has 0 saturated heterocycles. The topological polar surface area (TPSA) is 138 Å². The molecule has 12 heteroatoms. The minimum absolute atomic E-state index is 0.0516. The zero-order chi connectivity index (χ0) is 26.9. The maximum atomic E-state index is 13.2. The van der Waals surface area contributed by atoms with Crippen LogP contribution in [0.4, 0.5) is 17.1 Å². The van der Waals surface area contributed by atoms with Gasteiger partial charge in [-0.2, -0.15) is 8.42 Å². The van der Waals surface area contributed by atoms with E-state index in [0.29, 0.717) is 22.1 Å². The van der Waals surface area contributed by atoms with Gasteiger partial charge in [0.2, 0.25) is 0 Å². The maximum absolute atomic E-state index is 13.2. The number of carbonyl (C=O) groups excluding carboxylic acids is 1. The number of benzene rings is 4. The molecule has 4 aromatic rings. The molecule has 0 aliphatic carbocycles. The first kappa shape index (κ1) is 26.4. The minimum atomic E-state index is -4.68. The Kier molecular flexibility index (Phi) is 7.37. The molecule has 0 aromatic heterocycles. The number of nitrogens with one attached hydrogen (secondary N) is 1. The standard InChI is InChI=1S/C25H19Cl2N3O6S/c1-13-10-11-19(37(33,34)35)23(20(13)26)30-29-22-15-7-4-3-6-14(15)12-16(24(22)31)25(32)28-17-8-5-9-18(36-2)21(17)27/h3-12,31H,1-2H3,(H,28,32)(H,33,34,35). The van der Waals surface area contributed by atoms with E-state index in [1.54, 1.807) is 49.4 Å². The molecule has 0 radical (unpaired) electrons. The van der Waals surface area contributed by atoms with Crippen LogP contribution in [0.1, 0.15) is 15.9 Å². The van der Waals surface area contributed by atoms with E-state index >= 15 is 0 Å². The zero-order valence-corrected chi connectivity index (χ0v) is 21.7. The lowest BCUT2D eigenvalue weighted by molar-refractivity contribution is 0.102. The van der Waals surface area contributed by atoms with Gasteiger partial charge in [0.25, 0.3) is 16.0 Å². The molecule has 1 amide bonds. The van der Waals surface area contributed by atoms with Crippen molar-refractivity contribution >= 4 is 67.1 Å². The summed E-state index contributed by atoms with van der Waals surface area (Å²) in [6, 6.07) is 15.6. The van der Waals surface area contributed by atoms with E-state index in [4.69, 9.17) is 27.9 Å². The largest absolute Gasteiger partial charge is 0.505 e. The Morgan fingerprint density at radius 2 is 1.68 bits per heavy atom. The normalized spacial score (nSPS) is 11.7. The Morgan fingerprint density at radius 1 is 0.973 bits per heavy atom. The zero-order valence-electron chi connectivity index (χ0n) is 19.4. The van der Waals surface area contributed by atoms with Gasteiger partial charge in [0, 0.05) is 5.39 Å². The van der Waals surface area contributed by atoms with Crippen molar-refractivity contribution in [1.29, 1.82) is 0 Å². The van der Waals surface area contributed by atoms with Gasteiger partial charge < -0.3 is 15.2 Å². The average molecular weight is 560 g/mol. The van der Waals surface area contributed by atoms with Crippen molar-refractivity contribution < 1.29 is 27.6 Å². The fourth-order valence-electron chi connectivity index (χ4n) is 3.60. The molecular weight excluding hydrogens is 541 g/mol. The smallest absolute Gasteiger partial charge is 0.296 e. The number of rotatable bonds is 6.